The molecule has 0 bridgehead atoms. The van der Waals surface area contributed by atoms with Crippen LogP contribution in [0.5, 0.6) is 0 Å². The van der Waals surface area contributed by atoms with Crippen LogP contribution in [-0.2, 0) is 11.3 Å². The molecule has 1 aliphatic carbocycles. The topological polar surface area (TPSA) is 38.5 Å². The molecular formula is C15H23FN2O. The SMILES string of the molecule is COCCN(c1ccc(CN)cc1F)C(C)C1CC1. The average Bonchev–Trinajstić information content (AvgIpc) is 3.24. The Morgan fingerprint density at radius 1 is 1.47 bits per heavy atom. The highest BCUT2D eigenvalue weighted by Crippen LogP contribution is 2.37. The number of nitrogens with zero attached hydrogens (tertiary/aromatic N) is 1. The van der Waals surface area contributed by atoms with Gasteiger partial charge in [-0.15, -0.1) is 0 Å². The molecule has 1 aromatic rings. The van der Waals surface area contributed by atoms with E-state index in [0.29, 0.717) is 37.3 Å². The van der Waals surface area contributed by atoms with Crippen molar-refractivity contribution >= 4 is 5.69 Å². The summed E-state index contributed by atoms with van der Waals surface area (Å²) in [4.78, 5) is 2.12. The Morgan fingerprint density at radius 2 is 2.21 bits per heavy atom. The molecule has 2 N–H and O–H groups in total. The van der Waals surface area contributed by atoms with Crippen LogP contribution in [0.4, 0.5) is 10.1 Å². The van der Waals surface area contributed by atoms with Crippen molar-refractivity contribution < 1.29 is 9.13 Å². The molecule has 2 rings (SSSR count). The van der Waals surface area contributed by atoms with E-state index < -0.39 is 0 Å². The molecule has 1 unspecified atom stereocenters. The highest BCUT2D eigenvalue weighted by molar-refractivity contribution is 5.50. The Labute approximate surface area is 114 Å². The summed E-state index contributed by atoms with van der Waals surface area (Å²) < 4.78 is 19.4. The zero-order valence-electron chi connectivity index (χ0n) is 11.7. The molecule has 0 saturated heterocycles. The molecule has 4 heteroatoms. The smallest absolute Gasteiger partial charge is 0.146 e. The van der Waals surface area contributed by atoms with Gasteiger partial charge in [0.05, 0.1) is 12.3 Å². The second-order valence-corrected chi connectivity index (χ2v) is 5.25. The van der Waals surface area contributed by atoms with E-state index in [1.165, 1.54) is 18.9 Å². The summed E-state index contributed by atoms with van der Waals surface area (Å²) in [6, 6.07) is 5.63. The Hall–Kier alpha value is -1.13. The summed E-state index contributed by atoms with van der Waals surface area (Å²) in [5.41, 5.74) is 7.03. The monoisotopic (exact) mass is 266 g/mol. The molecule has 0 amide bonds. The minimum Gasteiger partial charge on any atom is -0.383 e. The van der Waals surface area contributed by atoms with E-state index in [4.69, 9.17) is 10.5 Å². The highest BCUT2D eigenvalue weighted by Gasteiger charge is 2.32. The molecule has 0 radical (unpaired) electrons. The summed E-state index contributed by atoms with van der Waals surface area (Å²) in [5.74, 6) is 0.497. The molecule has 1 atom stereocenters. The average molecular weight is 266 g/mol. The Kier molecular flexibility index (Phi) is 4.77. The number of hydrogen-bond donors (Lipinski definition) is 1. The lowest BCUT2D eigenvalue weighted by Gasteiger charge is -2.31. The van der Waals surface area contributed by atoms with Crippen molar-refractivity contribution in [2.75, 3.05) is 25.2 Å². The van der Waals surface area contributed by atoms with E-state index in [2.05, 4.69) is 11.8 Å². The lowest BCUT2D eigenvalue weighted by Crippen LogP contribution is -2.37. The second kappa shape index (κ2) is 6.35. The van der Waals surface area contributed by atoms with E-state index in [9.17, 15) is 4.39 Å². The molecule has 1 saturated carbocycles. The quantitative estimate of drug-likeness (QED) is 0.824. The number of methoxy groups -OCH3 is 1. The van der Waals surface area contributed by atoms with Crippen LogP contribution < -0.4 is 10.6 Å². The van der Waals surface area contributed by atoms with Crippen LogP contribution in [0.2, 0.25) is 0 Å². The second-order valence-electron chi connectivity index (χ2n) is 5.25. The molecule has 3 nitrogen and oxygen atoms in total. The van der Waals surface area contributed by atoms with Gasteiger partial charge in [-0.2, -0.15) is 0 Å². The van der Waals surface area contributed by atoms with E-state index in [0.717, 1.165) is 5.56 Å². The van der Waals surface area contributed by atoms with Crippen LogP contribution in [0.15, 0.2) is 18.2 Å². The van der Waals surface area contributed by atoms with Crippen molar-refractivity contribution in [1.82, 2.24) is 0 Å². The summed E-state index contributed by atoms with van der Waals surface area (Å²) in [6.45, 7) is 3.86. The predicted octanol–water partition coefficient (Wildman–Crippen LogP) is 2.54. The summed E-state index contributed by atoms with van der Waals surface area (Å²) >= 11 is 0. The third-order valence-corrected chi connectivity index (χ3v) is 3.89. The van der Waals surface area contributed by atoms with Crippen LogP contribution in [-0.4, -0.2) is 26.3 Å². The van der Waals surface area contributed by atoms with Crippen molar-refractivity contribution in [1.29, 1.82) is 0 Å². The maximum atomic E-state index is 14.2. The van der Waals surface area contributed by atoms with E-state index in [-0.39, 0.29) is 5.82 Å². The molecular weight excluding hydrogens is 243 g/mol. The van der Waals surface area contributed by atoms with Gasteiger partial charge in [0.1, 0.15) is 5.82 Å². The number of halogens is 1. The first-order valence-electron chi connectivity index (χ1n) is 6.91. The van der Waals surface area contributed by atoms with Gasteiger partial charge in [-0.1, -0.05) is 6.07 Å². The van der Waals surface area contributed by atoms with Gasteiger partial charge in [-0.05, 0) is 43.4 Å². The van der Waals surface area contributed by atoms with Gasteiger partial charge in [0.25, 0.3) is 0 Å². The van der Waals surface area contributed by atoms with Crippen LogP contribution in [0, 0.1) is 11.7 Å². The maximum Gasteiger partial charge on any atom is 0.146 e. The molecule has 0 aliphatic heterocycles. The van der Waals surface area contributed by atoms with Crippen molar-refractivity contribution in [3.05, 3.63) is 29.6 Å². The van der Waals surface area contributed by atoms with Gasteiger partial charge in [-0.25, -0.2) is 4.39 Å². The van der Waals surface area contributed by atoms with Gasteiger partial charge < -0.3 is 15.4 Å². The first-order valence-corrected chi connectivity index (χ1v) is 6.91. The molecule has 1 aliphatic rings. The van der Waals surface area contributed by atoms with Gasteiger partial charge in [0.15, 0.2) is 0 Å². The zero-order chi connectivity index (χ0) is 13.8. The number of rotatable bonds is 7. The first kappa shape index (κ1) is 14.3. The summed E-state index contributed by atoms with van der Waals surface area (Å²) in [6.07, 6.45) is 2.49. The van der Waals surface area contributed by atoms with Crippen molar-refractivity contribution in [2.45, 2.75) is 32.4 Å². The summed E-state index contributed by atoms with van der Waals surface area (Å²) in [5, 5.41) is 0. The normalized spacial score (nSPS) is 16.4. The van der Waals surface area contributed by atoms with Crippen LogP contribution >= 0.6 is 0 Å². The summed E-state index contributed by atoms with van der Waals surface area (Å²) in [7, 11) is 1.67. The largest absolute Gasteiger partial charge is 0.383 e. The minimum atomic E-state index is -0.188. The molecule has 0 heterocycles. The molecule has 0 aromatic heterocycles. The number of anilines is 1. The zero-order valence-corrected chi connectivity index (χ0v) is 11.7. The lowest BCUT2D eigenvalue weighted by atomic mass is 10.1. The number of nitrogens with two attached hydrogens (primary N) is 1. The third-order valence-electron chi connectivity index (χ3n) is 3.89. The van der Waals surface area contributed by atoms with Crippen molar-refractivity contribution in [3.63, 3.8) is 0 Å². The van der Waals surface area contributed by atoms with Gasteiger partial charge in [0, 0.05) is 26.2 Å². The Morgan fingerprint density at radius 3 is 2.74 bits per heavy atom. The maximum absolute atomic E-state index is 14.2. The van der Waals surface area contributed by atoms with E-state index in [1.807, 2.05) is 12.1 Å². The first-order chi connectivity index (χ1) is 9.17. The molecule has 106 valence electrons. The van der Waals surface area contributed by atoms with E-state index >= 15 is 0 Å². The third kappa shape index (κ3) is 3.45. The fourth-order valence-electron chi connectivity index (χ4n) is 2.48. The molecule has 0 spiro atoms. The Balaban J connectivity index is 2.20. The van der Waals surface area contributed by atoms with Crippen molar-refractivity contribution in [3.8, 4) is 0 Å². The van der Waals surface area contributed by atoms with Crippen LogP contribution in [0.1, 0.15) is 25.3 Å². The number of ether oxygens (including phenoxy) is 1. The Bertz CT molecular complexity index is 421. The van der Waals surface area contributed by atoms with Gasteiger partial charge in [0.2, 0.25) is 0 Å². The van der Waals surface area contributed by atoms with Crippen LogP contribution in [0.25, 0.3) is 0 Å². The van der Waals surface area contributed by atoms with Crippen LogP contribution in [0.3, 0.4) is 0 Å². The standard InChI is InChI=1S/C15H23FN2O/c1-11(13-4-5-13)18(7-8-19-2)15-6-3-12(10-17)9-14(15)16/h3,6,9,11,13H,4-5,7-8,10,17H2,1-2H3. The molecule has 19 heavy (non-hydrogen) atoms. The number of hydrogen-bond acceptors (Lipinski definition) is 3. The van der Waals surface area contributed by atoms with Gasteiger partial charge in [-0.3, -0.25) is 0 Å². The lowest BCUT2D eigenvalue weighted by molar-refractivity contribution is 0.202. The molecule has 1 fully saturated rings. The van der Waals surface area contributed by atoms with E-state index in [1.54, 1.807) is 7.11 Å². The highest BCUT2D eigenvalue weighted by atomic mass is 19.1. The fraction of sp³-hybridized carbons (Fsp3) is 0.600. The van der Waals surface area contributed by atoms with Gasteiger partial charge >= 0.3 is 0 Å². The number of benzene rings is 1. The fourth-order valence-corrected chi connectivity index (χ4v) is 2.48. The minimum absolute atomic E-state index is 0.188. The molecule has 1 aromatic carbocycles. The predicted molar refractivity (Wildman–Crippen MR) is 75.7 cm³/mol. The van der Waals surface area contributed by atoms with Crippen molar-refractivity contribution in [2.24, 2.45) is 11.7 Å².